The summed E-state index contributed by atoms with van der Waals surface area (Å²) in [4.78, 5) is 2.53. The maximum Gasteiger partial charge on any atom is 0.0105 e. The van der Waals surface area contributed by atoms with Crippen LogP contribution in [-0.2, 0) is 5.41 Å². The van der Waals surface area contributed by atoms with E-state index < -0.39 is 0 Å². The number of benzene rings is 1. The van der Waals surface area contributed by atoms with Crippen molar-refractivity contribution in [1.29, 1.82) is 0 Å². The van der Waals surface area contributed by atoms with Gasteiger partial charge in [0, 0.05) is 12.0 Å². The second-order valence-electron chi connectivity index (χ2n) is 6.19. The van der Waals surface area contributed by atoms with Crippen LogP contribution in [0.15, 0.2) is 12.1 Å². The van der Waals surface area contributed by atoms with Crippen LogP contribution in [0.5, 0.6) is 0 Å². The Bertz CT molecular complexity index is 420. The minimum Gasteiger partial charge on any atom is -0.330 e. The van der Waals surface area contributed by atoms with Gasteiger partial charge in [-0.05, 0) is 69.9 Å². The van der Waals surface area contributed by atoms with Gasteiger partial charge in [0.05, 0.1) is 0 Å². The second-order valence-corrected chi connectivity index (χ2v) is 6.19. The third kappa shape index (κ3) is 2.70. The van der Waals surface area contributed by atoms with Gasteiger partial charge in [-0.25, -0.2) is 0 Å². The monoisotopic (exact) mass is 260 g/mol. The molecule has 0 atom stereocenters. The van der Waals surface area contributed by atoms with Crippen LogP contribution in [0.3, 0.4) is 0 Å². The largest absolute Gasteiger partial charge is 0.330 e. The van der Waals surface area contributed by atoms with E-state index in [2.05, 4.69) is 44.7 Å². The Morgan fingerprint density at radius 2 is 1.63 bits per heavy atom. The highest BCUT2D eigenvalue weighted by atomic mass is 15.1. The standard InChI is InChI=1S/C17H28N2/c1-5-19-8-6-17(12-18,7-9-19)16-14(3)10-13(2)11-15(16)4/h10-11H,5-9,12,18H2,1-4H3. The lowest BCUT2D eigenvalue weighted by atomic mass is 9.69. The van der Waals surface area contributed by atoms with Crippen LogP contribution in [-0.4, -0.2) is 31.1 Å². The average molecular weight is 260 g/mol. The van der Waals surface area contributed by atoms with Crippen LogP contribution in [0.25, 0.3) is 0 Å². The molecule has 0 unspecified atom stereocenters. The van der Waals surface area contributed by atoms with Crippen molar-refractivity contribution in [1.82, 2.24) is 4.90 Å². The van der Waals surface area contributed by atoms with E-state index in [4.69, 9.17) is 5.73 Å². The fraction of sp³-hybridized carbons (Fsp3) is 0.647. The van der Waals surface area contributed by atoms with E-state index in [1.165, 1.54) is 48.2 Å². The number of rotatable bonds is 3. The van der Waals surface area contributed by atoms with E-state index in [0.29, 0.717) is 0 Å². The highest BCUT2D eigenvalue weighted by Gasteiger charge is 2.36. The van der Waals surface area contributed by atoms with Gasteiger partial charge in [0.15, 0.2) is 0 Å². The molecule has 0 spiro atoms. The maximum absolute atomic E-state index is 6.21. The molecule has 1 aromatic rings. The number of nitrogens with zero attached hydrogens (tertiary/aromatic N) is 1. The first-order chi connectivity index (χ1) is 9.02. The summed E-state index contributed by atoms with van der Waals surface area (Å²) in [6.07, 6.45) is 2.39. The molecule has 1 aliphatic heterocycles. The minimum atomic E-state index is 0.202. The lowest BCUT2D eigenvalue weighted by molar-refractivity contribution is 0.168. The quantitative estimate of drug-likeness (QED) is 0.905. The summed E-state index contributed by atoms with van der Waals surface area (Å²) < 4.78 is 0. The van der Waals surface area contributed by atoms with Crippen LogP contribution in [0.4, 0.5) is 0 Å². The number of aryl methyl sites for hydroxylation is 3. The van der Waals surface area contributed by atoms with Gasteiger partial charge in [-0.3, -0.25) is 0 Å². The Hall–Kier alpha value is -0.860. The molecular weight excluding hydrogens is 232 g/mol. The highest BCUT2D eigenvalue weighted by Crippen LogP contribution is 2.38. The molecule has 0 amide bonds. The minimum absolute atomic E-state index is 0.202. The molecule has 1 saturated heterocycles. The van der Waals surface area contributed by atoms with Gasteiger partial charge in [-0.2, -0.15) is 0 Å². The topological polar surface area (TPSA) is 29.3 Å². The molecule has 0 radical (unpaired) electrons. The molecule has 1 heterocycles. The fourth-order valence-corrected chi connectivity index (χ4v) is 3.87. The van der Waals surface area contributed by atoms with E-state index in [0.717, 1.165) is 13.1 Å². The highest BCUT2D eigenvalue weighted by molar-refractivity contribution is 5.43. The Morgan fingerprint density at radius 1 is 1.11 bits per heavy atom. The molecule has 0 bridgehead atoms. The van der Waals surface area contributed by atoms with Crippen molar-refractivity contribution < 1.29 is 0 Å². The number of piperidine rings is 1. The zero-order chi connectivity index (χ0) is 14.0. The fourth-order valence-electron chi connectivity index (χ4n) is 3.87. The Labute approximate surface area is 118 Å². The van der Waals surface area contributed by atoms with Gasteiger partial charge in [-0.1, -0.05) is 24.6 Å². The summed E-state index contributed by atoms with van der Waals surface area (Å²) in [5, 5.41) is 0. The molecule has 2 rings (SSSR count). The van der Waals surface area contributed by atoms with Gasteiger partial charge < -0.3 is 10.6 Å². The van der Waals surface area contributed by atoms with Crippen LogP contribution in [0, 0.1) is 20.8 Å². The molecule has 106 valence electrons. The van der Waals surface area contributed by atoms with Crippen molar-refractivity contribution in [2.75, 3.05) is 26.2 Å². The zero-order valence-electron chi connectivity index (χ0n) is 12.9. The van der Waals surface area contributed by atoms with Crippen LogP contribution < -0.4 is 5.73 Å². The predicted molar refractivity (Wildman–Crippen MR) is 82.7 cm³/mol. The lowest BCUT2D eigenvalue weighted by Crippen LogP contribution is -2.47. The first-order valence-electron chi connectivity index (χ1n) is 7.53. The predicted octanol–water partition coefficient (Wildman–Crippen LogP) is 2.92. The van der Waals surface area contributed by atoms with Crippen LogP contribution in [0.2, 0.25) is 0 Å². The first kappa shape index (κ1) is 14.5. The van der Waals surface area contributed by atoms with E-state index in [9.17, 15) is 0 Å². The van der Waals surface area contributed by atoms with Crippen LogP contribution >= 0.6 is 0 Å². The number of nitrogens with two attached hydrogens (primary N) is 1. The van der Waals surface area contributed by atoms with Gasteiger partial charge in [0.1, 0.15) is 0 Å². The molecule has 1 aromatic carbocycles. The summed E-state index contributed by atoms with van der Waals surface area (Å²) in [5.41, 5.74) is 12.1. The third-order valence-corrected chi connectivity index (χ3v) is 4.86. The lowest BCUT2D eigenvalue weighted by Gasteiger charge is -2.43. The molecule has 2 N–H and O–H groups in total. The molecule has 0 saturated carbocycles. The molecule has 19 heavy (non-hydrogen) atoms. The molecule has 2 heteroatoms. The van der Waals surface area contributed by atoms with E-state index in [1.807, 2.05) is 0 Å². The van der Waals surface area contributed by atoms with Crippen molar-refractivity contribution in [3.63, 3.8) is 0 Å². The molecular formula is C17H28N2. The number of likely N-dealkylation sites (tertiary alicyclic amines) is 1. The number of hydrogen-bond acceptors (Lipinski definition) is 2. The molecule has 0 aromatic heterocycles. The summed E-state index contributed by atoms with van der Waals surface area (Å²) in [6.45, 7) is 13.2. The Morgan fingerprint density at radius 3 is 2.05 bits per heavy atom. The third-order valence-electron chi connectivity index (χ3n) is 4.86. The summed E-state index contributed by atoms with van der Waals surface area (Å²) in [7, 11) is 0. The summed E-state index contributed by atoms with van der Waals surface area (Å²) >= 11 is 0. The van der Waals surface area contributed by atoms with Gasteiger partial charge in [0.2, 0.25) is 0 Å². The smallest absolute Gasteiger partial charge is 0.0105 e. The van der Waals surface area contributed by atoms with Gasteiger partial charge in [0.25, 0.3) is 0 Å². The Balaban J connectivity index is 2.38. The van der Waals surface area contributed by atoms with Crippen molar-refractivity contribution in [2.45, 2.75) is 46.0 Å². The summed E-state index contributed by atoms with van der Waals surface area (Å²) in [6, 6.07) is 4.62. The first-order valence-corrected chi connectivity index (χ1v) is 7.53. The van der Waals surface area contributed by atoms with Crippen molar-refractivity contribution in [2.24, 2.45) is 5.73 Å². The normalized spacial score (nSPS) is 19.6. The van der Waals surface area contributed by atoms with Crippen molar-refractivity contribution in [3.05, 3.63) is 34.4 Å². The Kier molecular flexibility index (Phi) is 4.32. The molecule has 1 fully saturated rings. The average Bonchev–Trinajstić information content (AvgIpc) is 2.38. The maximum atomic E-state index is 6.21. The molecule has 0 aliphatic carbocycles. The van der Waals surface area contributed by atoms with E-state index in [-0.39, 0.29) is 5.41 Å². The molecule has 2 nitrogen and oxygen atoms in total. The van der Waals surface area contributed by atoms with Gasteiger partial charge >= 0.3 is 0 Å². The van der Waals surface area contributed by atoms with Crippen molar-refractivity contribution in [3.8, 4) is 0 Å². The van der Waals surface area contributed by atoms with Crippen LogP contribution in [0.1, 0.15) is 42.0 Å². The summed E-state index contributed by atoms with van der Waals surface area (Å²) in [5.74, 6) is 0. The van der Waals surface area contributed by atoms with E-state index in [1.54, 1.807) is 0 Å². The van der Waals surface area contributed by atoms with E-state index >= 15 is 0 Å². The number of hydrogen-bond donors (Lipinski definition) is 1. The SMILES string of the molecule is CCN1CCC(CN)(c2c(C)cc(C)cc2C)CC1. The second kappa shape index (κ2) is 5.64. The zero-order valence-corrected chi connectivity index (χ0v) is 12.9. The van der Waals surface area contributed by atoms with Crippen molar-refractivity contribution >= 4 is 0 Å². The molecule has 1 aliphatic rings. The van der Waals surface area contributed by atoms with Gasteiger partial charge in [-0.15, -0.1) is 0 Å².